The maximum atomic E-state index is 12.6. The molecule has 35 heavy (non-hydrogen) atoms. The zero-order valence-electron chi connectivity index (χ0n) is 21.6. The average Bonchev–Trinajstić information content (AvgIpc) is 2.74. The number of hydrogen-bond acceptors (Lipinski definition) is 5. The van der Waals surface area contributed by atoms with Gasteiger partial charge in [-0.3, -0.25) is 14.5 Å². The van der Waals surface area contributed by atoms with Gasteiger partial charge in [0.05, 0.1) is 24.6 Å². The Morgan fingerprint density at radius 3 is 2.14 bits per heavy atom. The van der Waals surface area contributed by atoms with E-state index in [1.807, 2.05) is 33.8 Å². The molecule has 1 fully saturated rings. The maximum absolute atomic E-state index is 12.6. The monoisotopic (exact) mass is 532 g/mol. The van der Waals surface area contributed by atoms with E-state index < -0.39 is 18.2 Å². The molecule has 202 valence electrons. The first-order valence-electron chi connectivity index (χ1n) is 12.4. The quantitative estimate of drug-likeness (QED) is 0.330. The van der Waals surface area contributed by atoms with E-state index in [0.29, 0.717) is 18.8 Å². The molecule has 1 aromatic carbocycles. The van der Waals surface area contributed by atoms with Gasteiger partial charge in [-0.15, -0.1) is 24.8 Å². The molecule has 1 aliphatic rings. The summed E-state index contributed by atoms with van der Waals surface area (Å²) in [6, 6.07) is 9.43. The SMILES string of the molecule is CC(C)CC(NC(=O)[C@@H](N)CC(C)C)[C@@H](O)CC(=O)NC1CCN(Cc2ccccc2)CC1.Cl.Cl. The maximum Gasteiger partial charge on any atom is 0.237 e. The number of carbonyl (C=O) groups excluding carboxylic acids is 2. The second-order valence-electron chi connectivity index (χ2n) is 10.4. The van der Waals surface area contributed by atoms with Gasteiger partial charge in [-0.1, -0.05) is 58.0 Å². The molecule has 0 aromatic heterocycles. The van der Waals surface area contributed by atoms with Gasteiger partial charge in [-0.2, -0.15) is 0 Å². The number of hydrogen-bond donors (Lipinski definition) is 4. The predicted octanol–water partition coefficient (Wildman–Crippen LogP) is 3.27. The first-order chi connectivity index (χ1) is 15.6. The largest absolute Gasteiger partial charge is 0.390 e. The number of rotatable bonds is 12. The van der Waals surface area contributed by atoms with E-state index in [1.165, 1.54) is 5.56 Å². The van der Waals surface area contributed by atoms with Gasteiger partial charge in [0.1, 0.15) is 0 Å². The van der Waals surface area contributed by atoms with E-state index in [0.717, 1.165) is 32.5 Å². The van der Waals surface area contributed by atoms with Crippen molar-refractivity contribution in [1.29, 1.82) is 0 Å². The number of aliphatic hydroxyl groups is 1. The molecule has 7 nitrogen and oxygen atoms in total. The minimum Gasteiger partial charge on any atom is -0.390 e. The molecule has 5 N–H and O–H groups in total. The fraction of sp³-hybridized carbons (Fsp3) is 0.692. The summed E-state index contributed by atoms with van der Waals surface area (Å²) >= 11 is 0. The molecule has 0 radical (unpaired) electrons. The summed E-state index contributed by atoms with van der Waals surface area (Å²) in [5.41, 5.74) is 7.31. The lowest BCUT2D eigenvalue weighted by molar-refractivity contribution is -0.127. The third-order valence-corrected chi connectivity index (χ3v) is 6.18. The molecule has 1 heterocycles. The van der Waals surface area contributed by atoms with Gasteiger partial charge in [-0.05, 0) is 43.1 Å². The number of nitrogens with one attached hydrogen (secondary N) is 2. The Bertz CT molecular complexity index is 729. The Balaban J connectivity index is 0.00000578. The van der Waals surface area contributed by atoms with E-state index in [9.17, 15) is 14.7 Å². The highest BCUT2D eigenvalue weighted by Crippen LogP contribution is 2.16. The lowest BCUT2D eigenvalue weighted by atomic mass is 9.95. The number of piperidine rings is 1. The van der Waals surface area contributed by atoms with E-state index >= 15 is 0 Å². The molecule has 3 atom stereocenters. The van der Waals surface area contributed by atoms with Gasteiger partial charge in [0.2, 0.25) is 11.8 Å². The van der Waals surface area contributed by atoms with Crippen LogP contribution in [0.1, 0.15) is 65.4 Å². The van der Waals surface area contributed by atoms with Crippen molar-refractivity contribution in [3.63, 3.8) is 0 Å². The van der Waals surface area contributed by atoms with Gasteiger partial charge in [-0.25, -0.2) is 0 Å². The number of benzene rings is 1. The summed E-state index contributed by atoms with van der Waals surface area (Å²) in [6.07, 6.45) is 1.99. The van der Waals surface area contributed by atoms with Crippen molar-refractivity contribution in [1.82, 2.24) is 15.5 Å². The molecule has 0 spiro atoms. The van der Waals surface area contributed by atoms with E-state index in [2.05, 4.69) is 39.8 Å². The highest BCUT2D eigenvalue weighted by molar-refractivity contribution is 5.85. The van der Waals surface area contributed by atoms with Gasteiger partial charge < -0.3 is 21.5 Å². The minimum atomic E-state index is -0.944. The molecule has 1 aliphatic heterocycles. The summed E-state index contributed by atoms with van der Waals surface area (Å²) in [7, 11) is 0. The summed E-state index contributed by atoms with van der Waals surface area (Å²) in [4.78, 5) is 27.5. The second-order valence-corrected chi connectivity index (χ2v) is 10.4. The molecule has 9 heteroatoms. The van der Waals surface area contributed by atoms with Crippen molar-refractivity contribution in [2.75, 3.05) is 13.1 Å². The summed E-state index contributed by atoms with van der Waals surface area (Å²) in [5, 5.41) is 16.7. The van der Waals surface area contributed by atoms with Gasteiger partial charge >= 0.3 is 0 Å². The number of aliphatic hydroxyl groups excluding tert-OH is 1. The Hall–Kier alpha value is -1.38. The smallest absolute Gasteiger partial charge is 0.237 e. The van der Waals surface area contributed by atoms with Crippen molar-refractivity contribution >= 4 is 36.6 Å². The summed E-state index contributed by atoms with van der Waals surface area (Å²) in [6.45, 7) is 10.9. The molecule has 0 bridgehead atoms. The topological polar surface area (TPSA) is 108 Å². The highest BCUT2D eigenvalue weighted by Gasteiger charge is 2.28. The van der Waals surface area contributed by atoms with Gasteiger partial charge in [0.25, 0.3) is 0 Å². The van der Waals surface area contributed by atoms with Gasteiger partial charge in [0, 0.05) is 25.7 Å². The highest BCUT2D eigenvalue weighted by atomic mass is 35.5. The van der Waals surface area contributed by atoms with Crippen molar-refractivity contribution in [3.05, 3.63) is 35.9 Å². The molecule has 2 rings (SSSR count). The Kier molecular flexibility index (Phi) is 16.5. The van der Waals surface area contributed by atoms with Crippen LogP contribution in [0, 0.1) is 11.8 Å². The van der Waals surface area contributed by atoms with Crippen molar-refractivity contribution in [2.24, 2.45) is 17.6 Å². The zero-order chi connectivity index (χ0) is 24.4. The van der Waals surface area contributed by atoms with Crippen LogP contribution in [0.3, 0.4) is 0 Å². The number of nitrogens with two attached hydrogens (primary N) is 1. The van der Waals surface area contributed by atoms with Crippen LogP contribution >= 0.6 is 24.8 Å². The fourth-order valence-corrected chi connectivity index (χ4v) is 4.42. The Labute approximate surface area is 223 Å². The van der Waals surface area contributed by atoms with Crippen molar-refractivity contribution in [3.8, 4) is 0 Å². The standard InChI is InChI=1S/C26H44N4O3.2ClH/c1-18(2)14-22(27)26(33)29-23(15-19(3)4)24(31)16-25(32)28-21-10-12-30(13-11-21)17-20-8-6-5-7-9-20;;/h5-9,18-19,21-24,31H,10-17,27H2,1-4H3,(H,28,32)(H,29,33);2*1H/t22-,23?,24-;;/m0../s1. The number of carbonyl (C=O) groups is 2. The first-order valence-corrected chi connectivity index (χ1v) is 12.4. The molecule has 0 saturated carbocycles. The fourth-order valence-electron chi connectivity index (χ4n) is 4.42. The Morgan fingerprint density at radius 2 is 1.60 bits per heavy atom. The van der Waals surface area contributed by atoms with E-state index in [1.54, 1.807) is 0 Å². The normalized spacial score (nSPS) is 17.1. The third kappa shape index (κ3) is 12.9. The van der Waals surface area contributed by atoms with Crippen LogP contribution in [0.4, 0.5) is 0 Å². The summed E-state index contributed by atoms with van der Waals surface area (Å²) < 4.78 is 0. The number of halogens is 2. The average molecular weight is 534 g/mol. The second kappa shape index (κ2) is 17.1. The summed E-state index contributed by atoms with van der Waals surface area (Å²) in [5.74, 6) is 0.144. The molecule has 1 aromatic rings. The van der Waals surface area contributed by atoms with Gasteiger partial charge in [0.15, 0.2) is 0 Å². The lowest BCUT2D eigenvalue weighted by Gasteiger charge is -2.33. The zero-order valence-corrected chi connectivity index (χ0v) is 23.2. The van der Waals surface area contributed by atoms with Crippen molar-refractivity contribution in [2.45, 2.75) is 90.6 Å². The third-order valence-electron chi connectivity index (χ3n) is 6.18. The van der Waals surface area contributed by atoms with Crippen LogP contribution in [-0.4, -0.2) is 59.1 Å². The molecule has 2 amide bonds. The molecule has 1 unspecified atom stereocenters. The van der Waals surface area contributed by atoms with Crippen LogP contribution in [0.5, 0.6) is 0 Å². The van der Waals surface area contributed by atoms with E-state index in [4.69, 9.17) is 5.73 Å². The number of amides is 2. The van der Waals surface area contributed by atoms with Crippen LogP contribution < -0.4 is 16.4 Å². The minimum absolute atomic E-state index is 0. The predicted molar refractivity (Wildman–Crippen MR) is 147 cm³/mol. The molecule has 1 saturated heterocycles. The van der Waals surface area contributed by atoms with E-state index in [-0.39, 0.29) is 55.0 Å². The Morgan fingerprint density at radius 1 is 1.03 bits per heavy atom. The van der Waals surface area contributed by atoms with Crippen LogP contribution in [0.15, 0.2) is 30.3 Å². The molecular formula is C26H46Cl2N4O3. The number of likely N-dealkylation sites (tertiary alicyclic amines) is 1. The molecular weight excluding hydrogens is 487 g/mol. The number of nitrogens with zero attached hydrogens (tertiary/aromatic N) is 1. The van der Waals surface area contributed by atoms with Crippen LogP contribution in [0.2, 0.25) is 0 Å². The van der Waals surface area contributed by atoms with Crippen LogP contribution in [-0.2, 0) is 16.1 Å². The first kappa shape index (κ1) is 33.6. The molecule has 0 aliphatic carbocycles. The van der Waals surface area contributed by atoms with Crippen LogP contribution in [0.25, 0.3) is 0 Å². The lowest BCUT2D eigenvalue weighted by Crippen LogP contribution is -2.52. The van der Waals surface area contributed by atoms with Crippen molar-refractivity contribution < 1.29 is 14.7 Å².